The van der Waals surface area contributed by atoms with Crippen LogP contribution in [0, 0.1) is 6.92 Å². The maximum atomic E-state index is 13.7. The lowest BCUT2D eigenvalue weighted by molar-refractivity contribution is 0.0722. The number of fused-ring (bicyclic) bond motifs is 2. The molecule has 0 bridgehead atoms. The van der Waals surface area contributed by atoms with Crippen LogP contribution in [0.25, 0.3) is 11.0 Å². The minimum Gasteiger partial charge on any atom is -0.493 e. The third-order valence-corrected chi connectivity index (χ3v) is 6.62. The van der Waals surface area contributed by atoms with Gasteiger partial charge in [-0.15, -0.1) is 0 Å². The first-order valence-electron chi connectivity index (χ1n) is 11.8. The molecule has 1 amide bonds. The highest BCUT2D eigenvalue weighted by atomic mass is 35.5. The second-order valence-corrected chi connectivity index (χ2v) is 9.50. The highest BCUT2D eigenvalue weighted by molar-refractivity contribution is 6.32. The third-order valence-electron chi connectivity index (χ3n) is 6.22. The Morgan fingerprint density at radius 1 is 1.14 bits per heavy atom. The summed E-state index contributed by atoms with van der Waals surface area (Å²) in [5, 5.41) is 0.842. The average molecular weight is 499 g/mol. The van der Waals surface area contributed by atoms with E-state index < -0.39 is 6.04 Å². The van der Waals surface area contributed by atoms with Crippen LogP contribution >= 0.6 is 11.6 Å². The Bertz CT molecular complexity index is 1320. The van der Waals surface area contributed by atoms with Gasteiger partial charge in [-0.2, -0.15) is 0 Å². The third kappa shape index (κ3) is 4.75. The van der Waals surface area contributed by atoms with Crippen LogP contribution in [0.4, 0.5) is 0 Å². The molecule has 0 spiro atoms. The van der Waals surface area contributed by atoms with Crippen LogP contribution in [0.1, 0.15) is 53.1 Å². The number of nitrogens with zero attached hydrogens (tertiary/aromatic N) is 2. The molecule has 0 fully saturated rings. The van der Waals surface area contributed by atoms with E-state index in [9.17, 15) is 9.59 Å². The van der Waals surface area contributed by atoms with Crippen molar-refractivity contribution in [2.75, 3.05) is 40.9 Å². The zero-order chi connectivity index (χ0) is 25.3. The molecule has 0 aliphatic carbocycles. The van der Waals surface area contributed by atoms with Gasteiger partial charge in [0.1, 0.15) is 5.58 Å². The molecule has 1 aromatic heterocycles. The fourth-order valence-electron chi connectivity index (χ4n) is 4.46. The number of rotatable bonds is 9. The van der Waals surface area contributed by atoms with E-state index in [-0.39, 0.29) is 17.1 Å². The lowest BCUT2D eigenvalue weighted by atomic mass is 9.97. The highest BCUT2D eigenvalue weighted by Gasteiger charge is 2.42. The first-order chi connectivity index (χ1) is 16.8. The molecule has 35 heavy (non-hydrogen) atoms. The van der Waals surface area contributed by atoms with Crippen LogP contribution < -0.4 is 14.9 Å². The van der Waals surface area contributed by atoms with E-state index in [0.29, 0.717) is 46.2 Å². The van der Waals surface area contributed by atoms with Crippen molar-refractivity contribution in [1.82, 2.24) is 9.80 Å². The van der Waals surface area contributed by atoms with Crippen LogP contribution in [-0.2, 0) is 0 Å². The Labute approximate surface area is 210 Å². The SMILES string of the molecule is CCCOc1ccc(C2c3c(oc4cc(C)c(Cl)cc4c3=O)C(=O)N2CCCN(C)C)cc1OC. The van der Waals surface area contributed by atoms with Crippen molar-refractivity contribution in [3.8, 4) is 11.5 Å². The summed E-state index contributed by atoms with van der Waals surface area (Å²) in [7, 11) is 5.55. The second-order valence-electron chi connectivity index (χ2n) is 9.09. The van der Waals surface area contributed by atoms with Crippen molar-refractivity contribution in [2.24, 2.45) is 0 Å². The lowest BCUT2D eigenvalue weighted by Gasteiger charge is -2.26. The van der Waals surface area contributed by atoms with Gasteiger partial charge in [-0.1, -0.05) is 24.6 Å². The van der Waals surface area contributed by atoms with Crippen LogP contribution in [0.2, 0.25) is 5.02 Å². The molecule has 2 heterocycles. The Kier molecular flexibility index (Phi) is 7.38. The maximum absolute atomic E-state index is 13.7. The van der Waals surface area contributed by atoms with Gasteiger partial charge in [0, 0.05) is 11.6 Å². The molecule has 186 valence electrons. The molecule has 2 aromatic carbocycles. The van der Waals surface area contributed by atoms with Gasteiger partial charge >= 0.3 is 0 Å². The smallest absolute Gasteiger partial charge is 0.290 e. The molecule has 0 radical (unpaired) electrons. The van der Waals surface area contributed by atoms with E-state index in [4.69, 9.17) is 25.5 Å². The van der Waals surface area contributed by atoms with Crippen LogP contribution in [0.5, 0.6) is 11.5 Å². The Hall–Kier alpha value is -3.03. The minimum absolute atomic E-state index is 0.0874. The number of ether oxygens (including phenoxy) is 2. The molecule has 7 nitrogen and oxygen atoms in total. The van der Waals surface area contributed by atoms with Crippen LogP contribution in [-0.4, -0.2) is 56.6 Å². The van der Waals surface area contributed by atoms with Gasteiger partial charge in [0.05, 0.1) is 30.7 Å². The first kappa shape index (κ1) is 25.1. The summed E-state index contributed by atoms with van der Waals surface area (Å²) in [5.41, 5.74) is 1.98. The number of halogens is 1. The van der Waals surface area contributed by atoms with Crippen LogP contribution in [0.3, 0.4) is 0 Å². The summed E-state index contributed by atoms with van der Waals surface area (Å²) in [4.78, 5) is 31.1. The standard InChI is InChI=1S/C27H31ClN2O5/c1-6-12-34-20-9-8-17(14-22(20)33-5)24-23-25(31)18-15-19(28)16(2)13-21(18)35-26(23)27(32)30(24)11-7-10-29(3)4/h8-9,13-15,24H,6-7,10-12H2,1-5H3. The van der Waals surface area contributed by atoms with Crippen molar-refractivity contribution in [1.29, 1.82) is 0 Å². The summed E-state index contributed by atoms with van der Waals surface area (Å²) in [6.07, 6.45) is 1.61. The summed E-state index contributed by atoms with van der Waals surface area (Å²) in [6.45, 7) is 5.70. The number of hydrogen-bond acceptors (Lipinski definition) is 6. The predicted molar refractivity (Wildman–Crippen MR) is 137 cm³/mol. The topological polar surface area (TPSA) is 72.2 Å². The molecule has 1 aliphatic rings. The number of amides is 1. The van der Waals surface area contributed by atoms with Crippen LogP contribution in [0.15, 0.2) is 39.5 Å². The molecule has 1 atom stereocenters. The van der Waals surface area contributed by atoms with Crippen molar-refractivity contribution in [3.05, 3.63) is 68.0 Å². The van der Waals surface area contributed by atoms with Gasteiger partial charge in [0.25, 0.3) is 5.91 Å². The summed E-state index contributed by atoms with van der Waals surface area (Å²) in [5.74, 6) is 0.966. The molecule has 3 aromatic rings. The second kappa shape index (κ2) is 10.3. The van der Waals surface area contributed by atoms with Gasteiger partial charge < -0.3 is 23.7 Å². The van der Waals surface area contributed by atoms with Gasteiger partial charge in [0.15, 0.2) is 16.9 Å². The summed E-state index contributed by atoms with van der Waals surface area (Å²) in [6, 6.07) is 8.27. The zero-order valence-corrected chi connectivity index (χ0v) is 21.6. The number of hydrogen-bond donors (Lipinski definition) is 0. The molecule has 1 aliphatic heterocycles. The molecule has 8 heteroatoms. The number of methoxy groups -OCH3 is 1. The lowest BCUT2D eigenvalue weighted by Crippen LogP contribution is -2.32. The normalized spacial score (nSPS) is 15.2. The van der Waals surface area contributed by atoms with Gasteiger partial charge in [-0.05, 0) is 75.8 Å². The van der Waals surface area contributed by atoms with E-state index in [2.05, 4.69) is 4.90 Å². The Morgan fingerprint density at radius 2 is 1.91 bits per heavy atom. The van der Waals surface area contributed by atoms with Crippen molar-refractivity contribution < 1.29 is 18.7 Å². The van der Waals surface area contributed by atoms with Crippen molar-refractivity contribution >= 4 is 28.5 Å². The zero-order valence-electron chi connectivity index (χ0n) is 20.8. The van der Waals surface area contributed by atoms with E-state index in [1.165, 1.54) is 0 Å². The Morgan fingerprint density at radius 3 is 2.60 bits per heavy atom. The number of carbonyl (C=O) groups is 1. The average Bonchev–Trinajstić information content (AvgIpc) is 3.10. The predicted octanol–water partition coefficient (Wildman–Crippen LogP) is 5.05. The number of benzene rings is 2. The monoisotopic (exact) mass is 498 g/mol. The number of carbonyl (C=O) groups excluding carboxylic acids is 1. The van der Waals surface area contributed by atoms with Crippen molar-refractivity contribution in [2.45, 2.75) is 32.7 Å². The fourth-order valence-corrected chi connectivity index (χ4v) is 4.62. The fraction of sp³-hybridized carbons (Fsp3) is 0.407. The first-order valence-corrected chi connectivity index (χ1v) is 12.2. The summed E-state index contributed by atoms with van der Waals surface area (Å²) < 4.78 is 17.4. The molecule has 4 rings (SSSR count). The van der Waals surface area contributed by atoms with Gasteiger partial charge in [0.2, 0.25) is 5.76 Å². The van der Waals surface area contributed by atoms with E-state index >= 15 is 0 Å². The number of aryl methyl sites for hydroxylation is 1. The van der Waals surface area contributed by atoms with E-state index in [0.717, 1.165) is 30.5 Å². The van der Waals surface area contributed by atoms with Gasteiger partial charge in [-0.3, -0.25) is 9.59 Å². The highest BCUT2D eigenvalue weighted by Crippen LogP contribution is 2.41. The van der Waals surface area contributed by atoms with Crippen molar-refractivity contribution in [3.63, 3.8) is 0 Å². The molecule has 0 N–H and O–H groups in total. The Balaban J connectivity index is 1.87. The largest absolute Gasteiger partial charge is 0.493 e. The molecule has 1 unspecified atom stereocenters. The summed E-state index contributed by atoms with van der Waals surface area (Å²) >= 11 is 6.33. The molecular formula is C27H31ClN2O5. The van der Waals surface area contributed by atoms with E-state index in [1.807, 2.05) is 46.1 Å². The molecular weight excluding hydrogens is 468 g/mol. The maximum Gasteiger partial charge on any atom is 0.290 e. The molecule has 0 saturated carbocycles. The van der Waals surface area contributed by atoms with E-state index in [1.54, 1.807) is 24.1 Å². The van der Waals surface area contributed by atoms with Gasteiger partial charge in [-0.25, -0.2) is 0 Å². The quantitative estimate of drug-likeness (QED) is 0.411. The molecule has 0 saturated heterocycles. The minimum atomic E-state index is -0.602.